The van der Waals surface area contributed by atoms with Crippen LogP contribution in [0.25, 0.3) is 0 Å². The van der Waals surface area contributed by atoms with Crippen LogP contribution in [0.1, 0.15) is 13.3 Å². The molecule has 0 unspecified atom stereocenters. The average Bonchev–Trinajstić information content (AvgIpc) is 2.34. The predicted molar refractivity (Wildman–Crippen MR) is 65.1 cm³/mol. The van der Waals surface area contributed by atoms with E-state index in [-0.39, 0.29) is 5.69 Å². The molecule has 0 aliphatic heterocycles. The number of nitrogens with one attached hydrogen (secondary N) is 1. The highest BCUT2D eigenvalue weighted by molar-refractivity contribution is 7.92. The fourth-order valence-corrected chi connectivity index (χ4v) is 2.15. The zero-order valence-corrected chi connectivity index (χ0v) is 11.1. The number of hydrogen-bond acceptors (Lipinski definition) is 5. The topological polar surface area (TPSA) is 89.3 Å². The Balaban J connectivity index is 3.35. The van der Waals surface area contributed by atoms with Gasteiger partial charge in [-0.05, 0) is 18.6 Å². The van der Waals surface area contributed by atoms with E-state index in [1.165, 1.54) is 0 Å². The molecule has 0 aromatic heterocycles. The van der Waals surface area contributed by atoms with Crippen molar-refractivity contribution in [1.82, 2.24) is 0 Å². The quantitative estimate of drug-likeness (QED) is 0.667. The van der Waals surface area contributed by atoms with Gasteiger partial charge < -0.3 is 5.32 Å². The summed E-state index contributed by atoms with van der Waals surface area (Å²) < 4.78 is 59.5. The van der Waals surface area contributed by atoms with Gasteiger partial charge in [-0.1, -0.05) is 6.92 Å². The summed E-state index contributed by atoms with van der Waals surface area (Å²) >= 11 is 0. The van der Waals surface area contributed by atoms with Gasteiger partial charge in [-0.25, -0.2) is 8.42 Å². The summed E-state index contributed by atoms with van der Waals surface area (Å²) in [6.07, 6.45) is 0.639. The molecule has 0 fully saturated rings. The van der Waals surface area contributed by atoms with Crippen molar-refractivity contribution < 1.29 is 26.5 Å². The molecule has 6 nitrogen and oxygen atoms in total. The van der Waals surface area contributed by atoms with E-state index >= 15 is 0 Å². The number of hydrogen-bond donors (Lipinski definition) is 1. The number of halogens is 3. The Hall–Kier alpha value is -1.84. The van der Waals surface area contributed by atoms with E-state index < -0.39 is 30.9 Å². The molecule has 0 aliphatic rings. The largest absolute Gasteiger partial charge is 0.501 e. The number of anilines is 1. The van der Waals surface area contributed by atoms with E-state index in [1.54, 1.807) is 6.92 Å². The van der Waals surface area contributed by atoms with Crippen LogP contribution in [0.2, 0.25) is 0 Å². The third kappa shape index (κ3) is 3.18. The predicted octanol–water partition coefficient (Wildman–Crippen LogP) is 2.71. The summed E-state index contributed by atoms with van der Waals surface area (Å²) in [6, 6.07) is 2.04. The van der Waals surface area contributed by atoms with Crippen molar-refractivity contribution in [1.29, 1.82) is 0 Å². The van der Waals surface area contributed by atoms with E-state index in [0.29, 0.717) is 25.1 Å². The maximum atomic E-state index is 12.4. The highest BCUT2D eigenvalue weighted by atomic mass is 32.2. The minimum absolute atomic E-state index is 0.0297. The number of sulfone groups is 1. The van der Waals surface area contributed by atoms with E-state index in [1.807, 2.05) is 0 Å². The molecule has 0 radical (unpaired) electrons. The second-order valence-corrected chi connectivity index (χ2v) is 5.75. The van der Waals surface area contributed by atoms with Gasteiger partial charge in [0.1, 0.15) is 5.69 Å². The van der Waals surface area contributed by atoms with Crippen molar-refractivity contribution >= 4 is 21.2 Å². The Kier molecular flexibility index (Phi) is 4.58. The van der Waals surface area contributed by atoms with Gasteiger partial charge in [-0.3, -0.25) is 10.1 Å². The Morgan fingerprint density at radius 3 is 2.40 bits per heavy atom. The first kappa shape index (κ1) is 16.2. The minimum atomic E-state index is -5.60. The molecule has 1 rings (SSSR count). The van der Waals surface area contributed by atoms with Crippen LogP contribution in [0.5, 0.6) is 0 Å². The van der Waals surface area contributed by atoms with Crippen LogP contribution in [-0.4, -0.2) is 25.4 Å². The highest BCUT2D eigenvalue weighted by Gasteiger charge is 2.47. The van der Waals surface area contributed by atoms with Gasteiger partial charge >= 0.3 is 5.51 Å². The normalized spacial score (nSPS) is 12.2. The van der Waals surface area contributed by atoms with Crippen molar-refractivity contribution in [2.45, 2.75) is 23.7 Å². The number of rotatable bonds is 5. The van der Waals surface area contributed by atoms with E-state index in [2.05, 4.69) is 5.32 Å². The molecule has 0 saturated heterocycles. The summed E-state index contributed by atoms with van der Waals surface area (Å²) in [7, 11) is -5.60. The van der Waals surface area contributed by atoms with Crippen molar-refractivity contribution in [2.75, 3.05) is 11.9 Å². The Morgan fingerprint density at radius 2 is 1.95 bits per heavy atom. The van der Waals surface area contributed by atoms with Crippen LogP contribution >= 0.6 is 0 Å². The Labute approximate surface area is 112 Å². The van der Waals surface area contributed by atoms with Gasteiger partial charge in [0, 0.05) is 12.6 Å². The van der Waals surface area contributed by atoms with Crippen LogP contribution in [0, 0.1) is 10.1 Å². The zero-order valence-electron chi connectivity index (χ0n) is 10.3. The summed E-state index contributed by atoms with van der Waals surface area (Å²) in [5, 5.41) is 13.4. The molecule has 0 heterocycles. The molecule has 0 atom stereocenters. The van der Waals surface area contributed by atoms with Gasteiger partial charge in [0.2, 0.25) is 0 Å². The summed E-state index contributed by atoms with van der Waals surface area (Å²) in [5.74, 6) is 0. The van der Waals surface area contributed by atoms with Gasteiger partial charge in [0.15, 0.2) is 0 Å². The standard InChI is InChI=1S/C10H11F3N2O4S/c1-2-5-14-8-4-3-7(6-9(8)15(16)17)20(18,19)10(11,12)13/h3-4,6,14H,2,5H2,1H3. The van der Waals surface area contributed by atoms with Gasteiger partial charge in [0.25, 0.3) is 15.5 Å². The molecule has 1 aromatic carbocycles. The fraction of sp³-hybridized carbons (Fsp3) is 0.400. The van der Waals surface area contributed by atoms with Crippen LogP contribution in [0.4, 0.5) is 24.5 Å². The van der Waals surface area contributed by atoms with Crippen molar-refractivity contribution in [2.24, 2.45) is 0 Å². The minimum Gasteiger partial charge on any atom is -0.380 e. The molecule has 1 aromatic rings. The average molecular weight is 312 g/mol. The van der Waals surface area contributed by atoms with Crippen molar-refractivity contribution in [3.8, 4) is 0 Å². The molecule has 0 spiro atoms. The molecular formula is C10H11F3N2O4S. The first-order valence-corrected chi connectivity index (χ1v) is 6.93. The lowest BCUT2D eigenvalue weighted by atomic mass is 10.2. The monoisotopic (exact) mass is 312 g/mol. The molecule has 20 heavy (non-hydrogen) atoms. The van der Waals surface area contributed by atoms with E-state index in [0.717, 1.165) is 6.07 Å². The zero-order chi connectivity index (χ0) is 15.6. The van der Waals surface area contributed by atoms with Crippen LogP contribution < -0.4 is 5.32 Å². The molecule has 112 valence electrons. The van der Waals surface area contributed by atoms with Gasteiger partial charge in [-0.15, -0.1) is 0 Å². The first-order valence-electron chi connectivity index (χ1n) is 5.45. The fourth-order valence-electron chi connectivity index (χ4n) is 1.37. The van der Waals surface area contributed by atoms with Crippen molar-refractivity contribution in [3.63, 3.8) is 0 Å². The van der Waals surface area contributed by atoms with Crippen LogP contribution in [0.15, 0.2) is 23.1 Å². The maximum Gasteiger partial charge on any atom is 0.501 e. The van der Waals surface area contributed by atoms with E-state index in [9.17, 15) is 31.7 Å². The second kappa shape index (κ2) is 5.65. The molecular weight excluding hydrogens is 301 g/mol. The van der Waals surface area contributed by atoms with Gasteiger partial charge in [-0.2, -0.15) is 13.2 Å². The molecule has 10 heteroatoms. The summed E-state index contributed by atoms with van der Waals surface area (Å²) in [6.45, 7) is 2.16. The number of nitrogens with zero attached hydrogens (tertiary/aromatic N) is 1. The summed E-state index contributed by atoms with van der Waals surface area (Å²) in [4.78, 5) is 8.71. The van der Waals surface area contributed by atoms with E-state index in [4.69, 9.17) is 0 Å². The molecule has 0 aliphatic carbocycles. The van der Waals surface area contributed by atoms with Crippen molar-refractivity contribution in [3.05, 3.63) is 28.3 Å². The van der Waals surface area contributed by atoms with Crippen LogP contribution in [-0.2, 0) is 9.84 Å². The molecule has 1 N–H and O–H groups in total. The second-order valence-electron chi connectivity index (χ2n) is 3.81. The molecule has 0 bridgehead atoms. The number of nitro groups is 1. The third-order valence-electron chi connectivity index (χ3n) is 2.35. The highest BCUT2D eigenvalue weighted by Crippen LogP contribution is 2.34. The number of benzene rings is 1. The van der Waals surface area contributed by atoms with Gasteiger partial charge in [0.05, 0.1) is 9.82 Å². The lowest BCUT2D eigenvalue weighted by Crippen LogP contribution is -2.23. The maximum absolute atomic E-state index is 12.4. The lowest BCUT2D eigenvalue weighted by molar-refractivity contribution is -0.384. The van der Waals surface area contributed by atoms with Crippen LogP contribution in [0.3, 0.4) is 0 Å². The number of alkyl halides is 3. The Bertz CT molecular complexity index is 613. The lowest BCUT2D eigenvalue weighted by Gasteiger charge is -2.10. The third-order valence-corrected chi connectivity index (χ3v) is 3.83. The molecule has 0 saturated carbocycles. The smallest absolute Gasteiger partial charge is 0.380 e. The molecule has 0 amide bonds. The summed E-state index contributed by atoms with van der Waals surface area (Å²) in [5.41, 5.74) is -6.25. The Morgan fingerprint density at radius 1 is 1.35 bits per heavy atom. The first-order chi connectivity index (χ1) is 9.11. The SMILES string of the molecule is CCCNc1ccc(S(=O)(=O)C(F)(F)F)cc1[N+](=O)[O-]. The number of nitro benzene ring substituents is 1.